The van der Waals surface area contributed by atoms with Crippen molar-refractivity contribution in [3.63, 3.8) is 0 Å². The van der Waals surface area contributed by atoms with Gasteiger partial charge in [0.25, 0.3) is 5.69 Å². The van der Waals surface area contributed by atoms with E-state index in [4.69, 9.17) is 0 Å². The first kappa shape index (κ1) is 12.6. The largest absolute Gasteiger partial charge is 0.355 e. The number of carbonyl (C=O) groups excluding carboxylic acids is 1. The number of amides is 1. The zero-order chi connectivity index (χ0) is 12.0. The average molecular weight is 287 g/mol. The van der Waals surface area contributed by atoms with Gasteiger partial charge in [0.2, 0.25) is 5.91 Å². The normalized spacial score (nSPS) is 9.81. The Bertz CT molecular complexity index is 378. The molecule has 1 aromatic carbocycles. The van der Waals surface area contributed by atoms with Crippen LogP contribution in [0.1, 0.15) is 5.56 Å². The molecule has 0 unspecified atom stereocenters. The third kappa shape index (κ3) is 3.98. The van der Waals surface area contributed by atoms with Crippen molar-refractivity contribution in [3.8, 4) is 0 Å². The van der Waals surface area contributed by atoms with Crippen molar-refractivity contribution >= 4 is 27.5 Å². The highest BCUT2D eigenvalue weighted by Crippen LogP contribution is 2.12. The van der Waals surface area contributed by atoms with Crippen molar-refractivity contribution in [1.82, 2.24) is 5.32 Å². The molecule has 0 atom stereocenters. The molecular weight excluding hydrogens is 276 g/mol. The van der Waals surface area contributed by atoms with E-state index in [1.807, 2.05) is 0 Å². The van der Waals surface area contributed by atoms with E-state index in [0.717, 1.165) is 5.56 Å². The second-order valence-corrected chi connectivity index (χ2v) is 3.93. The maximum absolute atomic E-state index is 11.3. The summed E-state index contributed by atoms with van der Waals surface area (Å²) in [4.78, 5) is 21.3. The van der Waals surface area contributed by atoms with Gasteiger partial charge in [-0.3, -0.25) is 14.9 Å². The second-order valence-electron chi connectivity index (χ2n) is 3.14. The van der Waals surface area contributed by atoms with Crippen LogP contribution in [-0.2, 0) is 11.2 Å². The molecule has 0 heterocycles. The molecule has 0 saturated carbocycles. The minimum Gasteiger partial charge on any atom is -0.355 e. The molecular formula is C10H11BrN2O3. The number of nitrogens with zero attached hydrogens (tertiary/aromatic N) is 1. The molecule has 1 N–H and O–H groups in total. The average Bonchev–Trinajstić information content (AvgIpc) is 2.27. The van der Waals surface area contributed by atoms with Gasteiger partial charge in [0, 0.05) is 24.0 Å². The number of halogens is 1. The Morgan fingerprint density at radius 2 is 2.00 bits per heavy atom. The van der Waals surface area contributed by atoms with E-state index in [1.54, 1.807) is 12.1 Å². The Balaban J connectivity index is 2.55. The highest BCUT2D eigenvalue weighted by atomic mass is 79.9. The molecule has 16 heavy (non-hydrogen) atoms. The maximum atomic E-state index is 11.3. The van der Waals surface area contributed by atoms with Crippen molar-refractivity contribution in [2.24, 2.45) is 0 Å². The van der Waals surface area contributed by atoms with Crippen molar-refractivity contribution in [2.75, 3.05) is 11.9 Å². The lowest BCUT2D eigenvalue weighted by Crippen LogP contribution is -2.26. The number of benzene rings is 1. The van der Waals surface area contributed by atoms with E-state index in [0.29, 0.717) is 11.9 Å². The smallest absolute Gasteiger partial charge is 0.269 e. The van der Waals surface area contributed by atoms with E-state index in [2.05, 4.69) is 21.2 Å². The highest BCUT2D eigenvalue weighted by molar-refractivity contribution is 9.09. The third-order valence-corrected chi connectivity index (χ3v) is 2.32. The molecule has 0 fully saturated rings. The predicted octanol–water partition coefficient (Wildman–Crippen LogP) is 1.65. The van der Waals surface area contributed by atoms with Crippen LogP contribution < -0.4 is 5.32 Å². The molecule has 0 radical (unpaired) electrons. The molecule has 0 aliphatic heterocycles. The first-order valence-electron chi connectivity index (χ1n) is 4.69. The van der Waals surface area contributed by atoms with Gasteiger partial charge in [-0.2, -0.15) is 0 Å². The number of hydrogen-bond donors (Lipinski definition) is 1. The lowest BCUT2D eigenvalue weighted by Gasteiger charge is -2.02. The summed E-state index contributed by atoms with van der Waals surface area (Å²) >= 11 is 3.20. The number of nitrogens with one attached hydrogen (secondary N) is 1. The van der Waals surface area contributed by atoms with Crippen LogP contribution in [0.15, 0.2) is 24.3 Å². The molecule has 0 aromatic heterocycles. The molecule has 86 valence electrons. The van der Waals surface area contributed by atoms with Crippen LogP contribution in [0.25, 0.3) is 0 Å². The SMILES string of the molecule is O=C(Cc1ccc([N+](=O)[O-])cc1)NCCBr. The molecule has 0 aliphatic carbocycles. The second kappa shape index (κ2) is 6.22. The Kier molecular flexibility index (Phi) is 4.91. The highest BCUT2D eigenvalue weighted by Gasteiger charge is 2.06. The van der Waals surface area contributed by atoms with Crippen LogP contribution in [0, 0.1) is 10.1 Å². The Labute approximate surface area is 101 Å². The van der Waals surface area contributed by atoms with E-state index in [9.17, 15) is 14.9 Å². The summed E-state index contributed by atoms with van der Waals surface area (Å²) in [5.41, 5.74) is 0.794. The van der Waals surface area contributed by atoms with Gasteiger partial charge in [0.1, 0.15) is 0 Å². The molecule has 0 bridgehead atoms. The van der Waals surface area contributed by atoms with Gasteiger partial charge in [-0.1, -0.05) is 28.1 Å². The Hall–Kier alpha value is -1.43. The molecule has 0 aliphatic rings. The van der Waals surface area contributed by atoms with Gasteiger partial charge in [-0.05, 0) is 5.56 Å². The van der Waals surface area contributed by atoms with Gasteiger partial charge >= 0.3 is 0 Å². The van der Waals surface area contributed by atoms with Crippen molar-refractivity contribution in [1.29, 1.82) is 0 Å². The number of nitro benzene ring substituents is 1. The summed E-state index contributed by atoms with van der Waals surface area (Å²) in [7, 11) is 0. The minimum absolute atomic E-state index is 0.0321. The Morgan fingerprint density at radius 1 is 1.38 bits per heavy atom. The number of rotatable bonds is 5. The fourth-order valence-electron chi connectivity index (χ4n) is 1.17. The van der Waals surface area contributed by atoms with Crippen LogP contribution in [0.3, 0.4) is 0 Å². The summed E-state index contributed by atoms with van der Waals surface area (Å²) < 4.78 is 0. The first-order valence-corrected chi connectivity index (χ1v) is 5.81. The van der Waals surface area contributed by atoms with Crippen LogP contribution in [0.4, 0.5) is 5.69 Å². The number of nitro groups is 1. The molecule has 6 heteroatoms. The van der Waals surface area contributed by atoms with Gasteiger partial charge < -0.3 is 5.32 Å². The third-order valence-electron chi connectivity index (χ3n) is 1.93. The molecule has 1 aromatic rings. The summed E-state index contributed by atoms with van der Waals surface area (Å²) in [6.07, 6.45) is 0.241. The van der Waals surface area contributed by atoms with Crippen LogP contribution in [0.2, 0.25) is 0 Å². The van der Waals surface area contributed by atoms with Crippen LogP contribution >= 0.6 is 15.9 Å². The quantitative estimate of drug-likeness (QED) is 0.508. The lowest BCUT2D eigenvalue weighted by atomic mass is 10.1. The molecule has 1 amide bonds. The molecule has 0 spiro atoms. The number of non-ortho nitro benzene ring substituents is 1. The molecule has 5 nitrogen and oxygen atoms in total. The number of alkyl halides is 1. The van der Waals surface area contributed by atoms with Gasteiger partial charge in [-0.25, -0.2) is 0 Å². The van der Waals surface area contributed by atoms with E-state index >= 15 is 0 Å². The van der Waals surface area contributed by atoms with Gasteiger partial charge in [0.05, 0.1) is 11.3 Å². The van der Waals surface area contributed by atoms with Crippen LogP contribution in [0.5, 0.6) is 0 Å². The summed E-state index contributed by atoms with van der Waals surface area (Å²) in [6.45, 7) is 0.575. The summed E-state index contributed by atoms with van der Waals surface area (Å²) in [5, 5.41) is 13.8. The van der Waals surface area contributed by atoms with Gasteiger partial charge in [-0.15, -0.1) is 0 Å². The predicted molar refractivity (Wildman–Crippen MR) is 63.6 cm³/mol. The van der Waals surface area contributed by atoms with E-state index < -0.39 is 4.92 Å². The fourth-order valence-corrected chi connectivity index (χ4v) is 1.37. The number of carbonyl (C=O) groups is 1. The maximum Gasteiger partial charge on any atom is 0.269 e. The molecule has 1 rings (SSSR count). The monoisotopic (exact) mass is 286 g/mol. The number of hydrogen-bond acceptors (Lipinski definition) is 3. The van der Waals surface area contributed by atoms with Crippen molar-refractivity contribution < 1.29 is 9.72 Å². The summed E-state index contributed by atoms with van der Waals surface area (Å²) in [6, 6.07) is 5.97. The zero-order valence-corrected chi connectivity index (χ0v) is 10.1. The van der Waals surface area contributed by atoms with E-state index in [1.165, 1.54) is 12.1 Å². The standard InChI is InChI=1S/C10H11BrN2O3/c11-5-6-12-10(14)7-8-1-3-9(4-2-8)13(15)16/h1-4H,5-7H2,(H,12,14). The Morgan fingerprint density at radius 3 is 2.50 bits per heavy atom. The topological polar surface area (TPSA) is 72.2 Å². The van der Waals surface area contributed by atoms with Crippen LogP contribution in [-0.4, -0.2) is 22.7 Å². The minimum atomic E-state index is -0.464. The lowest BCUT2D eigenvalue weighted by molar-refractivity contribution is -0.384. The summed E-state index contributed by atoms with van der Waals surface area (Å²) in [5.74, 6) is -0.0895. The van der Waals surface area contributed by atoms with E-state index in [-0.39, 0.29) is 18.0 Å². The zero-order valence-electron chi connectivity index (χ0n) is 8.48. The van der Waals surface area contributed by atoms with Gasteiger partial charge in [0.15, 0.2) is 0 Å². The van der Waals surface area contributed by atoms with Crippen molar-refractivity contribution in [3.05, 3.63) is 39.9 Å². The fraction of sp³-hybridized carbons (Fsp3) is 0.300. The van der Waals surface area contributed by atoms with Crippen molar-refractivity contribution in [2.45, 2.75) is 6.42 Å². The first-order chi connectivity index (χ1) is 7.63. The molecule has 0 saturated heterocycles.